The van der Waals surface area contributed by atoms with Crippen LogP contribution in [0, 0.1) is 0 Å². The maximum Gasteiger partial charge on any atom is 2.00 e. The van der Waals surface area contributed by atoms with E-state index in [9.17, 15) is 0 Å². The van der Waals surface area contributed by atoms with Gasteiger partial charge in [0, 0.05) is 0 Å². The number of rotatable bonds is 6. The molecule has 10 heavy (non-hydrogen) atoms. The van der Waals surface area contributed by atoms with Gasteiger partial charge in [-0.25, -0.2) is 0 Å². The minimum atomic E-state index is 0. The monoisotopic (exact) mass is 185 g/mol. The van der Waals surface area contributed by atoms with Crippen LogP contribution in [0.1, 0.15) is 45.4 Å². The predicted octanol–water partition coefficient (Wildman–Crippen LogP) is 3.53. The molecule has 0 aromatic heterocycles. The first-order chi connectivity index (χ1) is 4.41. The molecule has 0 heterocycles. The molecule has 0 aliphatic heterocycles. The van der Waals surface area contributed by atoms with Gasteiger partial charge in [-0.05, 0) is 12.8 Å². The second kappa shape index (κ2) is 12.0. The van der Waals surface area contributed by atoms with E-state index in [0.717, 1.165) is 0 Å². The van der Waals surface area contributed by atoms with E-state index in [2.05, 4.69) is 13.5 Å². The molecule has 1 heteroatoms. The van der Waals surface area contributed by atoms with Crippen LogP contribution in [0.25, 0.3) is 0 Å². The van der Waals surface area contributed by atoms with Crippen LogP contribution < -0.4 is 0 Å². The molecule has 0 aromatic carbocycles. The fourth-order valence-corrected chi connectivity index (χ4v) is 0.892. The molecule has 0 aliphatic carbocycles. The first-order valence-electron chi connectivity index (χ1n) is 4.02. The smallest absolute Gasteiger partial charge is 0.103 e. The molecule has 0 spiro atoms. The summed E-state index contributed by atoms with van der Waals surface area (Å²) in [5.41, 5.74) is 0. The van der Waals surface area contributed by atoms with Crippen molar-refractivity contribution in [2.75, 3.05) is 0 Å². The summed E-state index contributed by atoms with van der Waals surface area (Å²) in [7, 11) is 0. The van der Waals surface area contributed by atoms with Gasteiger partial charge in [0.15, 0.2) is 0 Å². The van der Waals surface area contributed by atoms with Crippen molar-refractivity contribution in [2.24, 2.45) is 0 Å². The van der Waals surface area contributed by atoms with Gasteiger partial charge in [0.05, 0.1) is 0 Å². The molecule has 0 aliphatic rings. The molecule has 0 saturated heterocycles. The largest absolute Gasteiger partial charge is 2.00 e. The molecule has 0 rings (SSSR count). The zero-order chi connectivity index (χ0) is 6.95. The van der Waals surface area contributed by atoms with E-state index in [4.69, 9.17) is 0 Å². The normalized spacial score (nSPS) is 8.50. The summed E-state index contributed by atoms with van der Waals surface area (Å²) in [5, 5.41) is 0. The van der Waals surface area contributed by atoms with Crippen LogP contribution >= 0.6 is 0 Å². The van der Waals surface area contributed by atoms with E-state index in [1.807, 2.05) is 6.08 Å². The summed E-state index contributed by atoms with van der Waals surface area (Å²) in [5.74, 6) is 0. The summed E-state index contributed by atoms with van der Waals surface area (Å²) in [6.45, 7) is 5.92. The van der Waals surface area contributed by atoms with E-state index in [-0.39, 0.29) is 16.8 Å². The van der Waals surface area contributed by atoms with Gasteiger partial charge in [-0.15, -0.1) is 6.58 Å². The Morgan fingerprint density at radius 2 is 1.70 bits per heavy atom. The molecule has 0 N–H and O–H groups in total. The topological polar surface area (TPSA) is 0 Å². The predicted molar refractivity (Wildman–Crippen MR) is 43.6 cm³/mol. The quantitative estimate of drug-likeness (QED) is 0.438. The molecule has 1 radical (unpaired) electrons. The molecule has 0 amide bonds. The van der Waals surface area contributed by atoms with Crippen LogP contribution in [-0.4, -0.2) is 0 Å². The van der Waals surface area contributed by atoms with Gasteiger partial charge in [-0.1, -0.05) is 38.7 Å². The van der Waals surface area contributed by atoms with Crippen molar-refractivity contribution in [3.05, 3.63) is 12.7 Å². The van der Waals surface area contributed by atoms with Crippen molar-refractivity contribution in [1.29, 1.82) is 0 Å². The molecule has 0 aromatic rings. The van der Waals surface area contributed by atoms with E-state index in [0.29, 0.717) is 0 Å². The minimum absolute atomic E-state index is 0. The molecule has 0 saturated carbocycles. The zero-order valence-corrected chi connectivity index (χ0v) is 7.90. The first kappa shape index (κ1) is 12.9. The number of hydrogen-bond donors (Lipinski definition) is 0. The first-order valence-corrected chi connectivity index (χ1v) is 4.02. The maximum absolute atomic E-state index is 3.68. The van der Waals surface area contributed by atoms with E-state index in [1.165, 1.54) is 38.5 Å². The van der Waals surface area contributed by atoms with E-state index >= 15 is 0 Å². The molecule has 0 fully saturated rings. The summed E-state index contributed by atoms with van der Waals surface area (Å²) in [4.78, 5) is 0. The summed E-state index contributed by atoms with van der Waals surface area (Å²) in [6, 6.07) is 0. The van der Waals surface area contributed by atoms with Crippen molar-refractivity contribution in [3.8, 4) is 0 Å². The van der Waals surface area contributed by atoms with Gasteiger partial charge in [0.25, 0.3) is 0 Å². The summed E-state index contributed by atoms with van der Waals surface area (Å²) >= 11 is 0. The van der Waals surface area contributed by atoms with Gasteiger partial charge in [0.2, 0.25) is 0 Å². The Hall–Kier alpha value is 0.246. The third-order valence-corrected chi connectivity index (χ3v) is 1.51. The van der Waals surface area contributed by atoms with Crippen LogP contribution in [0.3, 0.4) is 0 Å². The van der Waals surface area contributed by atoms with E-state index in [1.54, 1.807) is 0 Å². The molecule has 0 bridgehead atoms. The Labute approximate surface area is 75.3 Å². The Bertz CT molecular complexity index is 59.7. The molecule has 61 valence electrons. The molecule has 0 atom stereocenters. The Balaban J connectivity index is 0. The number of allylic oxidation sites excluding steroid dienone is 1. The zero-order valence-electron chi connectivity index (χ0n) is 6.86. The standard InChI is InChI=1S/C9H18.Co/c1-3-5-7-9-8-6-4-2;/h3H,1,4-9H2,2H3;/q;+2. The van der Waals surface area contributed by atoms with Gasteiger partial charge in [0.1, 0.15) is 0 Å². The SMILES string of the molecule is C=CCCCCCCC.[Co+2]. The molecular formula is C9H18Co+2. The number of unbranched alkanes of at least 4 members (excludes halogenated alkanes) is 5. The number of hydrogen-bond acceptors (Lipinski definition) is 0. The van der Waals surface area contributed by atoms with Crippen LogP contribution in [0.15, 0.2) is 12.7 Å². The molecule has 0 unspecified atom stereocenters. The van der Waals surface area contributed by atoms with Gasteiger partial charge in [-0.2, -0.15) is 0 Å². The van der Waals surface area contributed by atoms with Crippen LogP contribution in [0.2, 0.25) is 0 Å². The average molecular weight is 185 g/mol. The van der Waals surface area contributed by atoms with Crippen LogP contribution in [0.4, 0.5) is 0 Å². The van der Waals surface area contributed by atoms with Crippen molar-refractivity contribution in [2.45, 2.75) is 45.4 Å². The third-order valence-electron chi connectivity index (χ3n) is 1.51. The summed E-state index contributed by atoms with van der Waals surface area (Å²) in [6.07, 6.45) is 10.1. The van der Waals surface area contributed by atoms with Gasteiger partial charge < -0.3 is 0 Å². The molecular weight excluding hydrogens is 167 g/mol. The van der Waals surface area contributed by atoms with E-state index < -0.39 is 0 Å². The minimum Gasteiger partial charge on any atom is -0.103 e. The van der Waals surface area contributed by atoms with Gasteiger partial charge in [-0.3, -0.25) is 0 Å². The van der Waals surface area contributed by atoms with Crippen molar-refractivity contribution >= 4 is 0 Å². The Morgan fingerprint density at radius 1 is 1.10 bits per heavy atom. The Kier molecular flexibility index (Phi) is 15.4. The second-order valence-corrected chi connectivity index (χ2v) is 2.49. The van der Waals surface area contributed by atoms with Crippen LogP contribution in [0.5, 0.6) is 0 Å². The fourth-order valence-electron chi connectivity index (χ4n) is 0.892. The van der Waals surface area contributed by atoms with Gasteiger partial charge >= 0.3 is 16.8 Å². The fraction of sp³-hybridized carbons (Fsp3) is 0.778. The van der Waals surface area contributed by atoms with Crippen molar-refractivity contribution in [1.82, 2.24) is 0 Å². The maximum atomic E-state index is 3.68. The van der Waals surface area contributed by atoms with Crippen molar-refractivity contribution < 1.29 is 16.8 Å². The average Bonchev–Trinajstić information content (AvgIpc) is 1.89. The Morgan fingerprint density at radius 3 is 2.20 bits per heavy atom. The van der Waals surface area contributed by atoms with Crippen molar-refractivity contribution in [3.63, 3.8) is 0 Å². The second-order valence-electron chi connectivity index (χ2n) is 2.49. The van der Waals surface area contributed by atoms with Crippen LogP contribution in [-0.2, 0) is 16.8 Å². The molecule has 0 nitrogen and oxygen atoms in total. The summed E-state index contributed by atoms with van der Waals surface area (Å²) < 4.78 is 0. The third kappa shape index (κ3) is 11.1.